The molecule has 0 aliphatic heterocycles. The van der Waals surface area contributed by atoms with E-state index in [2.05, 4.69) is 15.3 Å². The molecule has 6 heteroatoms. The zero-order valence-electron chi connectivity index (χ0n) is 10.8. The van der Waals surface area contributed by atoms with Gasteiger partial charge in [0.2, 0.25) is 11.6 Å². The van der Waals surface area contributed by atoms with Crippen molar-refractivity contribution in [2.75, 3.05) is 0 Å². The monoisotopic (exact) mass is 283 g/mol. The molecule has 0 bridgehead atoms. The van der Waals surface area contributed by atoms with E-state index in [1.54, 1.807) is 12.1 Å². The zero-order chi connectivity index (χ0) is 14.8. The minimum absolute atomic E-state index is 0.113. The molecule has 1 aromatic heterocycles. The van der Waals surface area contributed by atoms with Gasteiger partial charge in [0.25, 0.3) is 0 Å². The standard InChI is InChI=1S/C15H10FN3O2/c16-10-3-1-9(2-4-10)6-18-12-5-13(20)14-11(15(12)21)7-17-8-19-14/h1-5,7-8,18H,6H2. The zero-order valence-corrected chi connectivity index (χ0v) is 10.8. The molecule has 1 N–H and O–H groups in total. The number of hydrogen-bond acceptors (Lipinski definition) is 5. The number of benzene rings is 1. The van der Waals surface area contributed by atoms with Crippen molar-refractivity contribution in [3.8, 4) is 0 Å². The fraction of sp³-hybridized carbons (Fsp3) is 0.0667. The van der Waals surface area contributed by atoms with E-state index in [1.807, 2.05) is 0 Å². The summed E-state index contributed by atoms with van der Waals surface area (Å²) in [5, 5.41) is 2.89. The molecule has 0 saturated heterocycles. The van der Waals surface area contributed by atoms with Gasteiger partial charge >= 0.3 is 0 Å². The first kappa shape index (κ1) is 13.1. The van der Waals surface area contributed by atoms with Crippen LogP contribution in [0.15, 0.2) is 48.6 Å². The van der Waals surface area contributed by atoms with Crippen molar-refractivity contribution in [3.63, 3.8) is 0 Å². The Labute approximate surface area is 119 Å². The number of hydrogen-bond donors (Lipinski definition) is 1. The average molecular weight is 283 g/mol. The summed E-state index contributed by atoms with van der Waals surface area (Å²) in [6, 6.07) is 5.88. The fourth-order valence-electron chi connectivity index (χ4n) is 2.03. The fourth-order valence-corrected chi connectivity index (χ4v) is 2.03. The van der Waals surface area contributed by atoms with Gasteiger partial charge in [-0.3, -0.25) is 9.59 Å². The first-order valence-corrected chi connectivity index (χ1v) is 6.24. The number of rotatable bonds is 3. The first-order valence-electron chi connectivity index (χ1n) is 6.24. The maximum absolute atomic E-state index is 12.8. The second-order valence-corrected chi connectivity index (χ2v) is 4.52. The van der Waals surface area contributed by atoms with Crippen LogP contribution in [0, 0.1) is 5.82 Å². The van der Waals surface area contributed by atoms with Crippen molar-refractivity contribution in [1.29, 1.82) is 0 Å². The molecule has 5 nitrogen and oxygen atoms in total. The van der Waals surface area contributed by atoms with Crippen molar-refractivity contribution in [2.45, 2.75) is 6.54 Å². The molecule has 1 heterocycles. The lowest BCUT2D eigenvalue weighted by Gasteiger charge is -2.15. The first-order chi connectivity index (χ1) is 10.1. The minimum atomic E-state index is -0.339. The van der Waals surface area contributed by atoms with E-state index >= 15 is 0 Å². The molecule has 2 aromatic rings. The van der Waals surface area contributed by atoms with Crippen molar-refractivity contribution >= 4 is 11.6 Å². The van der Waals surface area contributed by atoms with E-state index in [0.29, 0.717) is 6.54 Å². The molecule has 0 saturated carbocycles. The lowest BCUT2D eigenvalue weighted by Crippen LogP contribution is -2.27. The summed E-state index contributed by atoms with van der Waals surface area (Å²) in [5.41, 5.74) is 1.29. The predicted octanol–water partition coefficient (Wildman–Crippen LogP) is 1.67. The SMILES string of the molecule is O=C1C(NCc2ccc(F)cc2)=CC(=O)c2ncncc21. The lowest BCUT2D eigenvalue weighted by molar-refractivity contribution is 0.0974. The largest absolute Gasteiger partial charge is 0.378 e. The predicted molar refractivity (Wildman–Crippen MR) is 72.0 cm³/mol. The molecule has 1 aliphatic carbocycles. The van der Waals surface area contributed by atoms with Crippen LogP contribution >= 0.6 is 0 Å². The number of aromatic nitrogens is 2. The van der Waals surface area contributed by atoms with Gasteiger partial charge in [0.15, 0.2) is 0 Å². The summed E-state index contributed by atoms with van der Waals surface area (Å²) in [7, 11) is 0. The van der Waals surface area contributed by atoms with Crippen LogP contribution in [-0.4, -0.2) is 21.5 Å². The summed E-state index contributed by atoms with van der Waals surface area (Å²) in [5.74, 6) is -0.992. The Hall–Kier alpha value is -2.89. The number of ketones is 2. The van der Waals surface area contributed by atoms with Crippen LogP contribution in [0.3, 0.4) is 0 Å². The molecule has 1 aliphatic rings. The van der Waals surface area contributed by atoms with Gasteiger partial charge in [-0.05, 0) is 17.7 Å². The quantitative estimate of drug-likeness (QED) is 0.927. The van der Waals surface area contributed by atoms with Crippen LogP contribution in [0.2, 0.25) is 0 Å². The summed E-state index contributed by atoms with van der Waals surface area (Å²) in [6.07, 6.45) is 3.78. The summed E-state index contributed by atoms with van der Waals surface area (Å²) in [4.78, 5) is 31.7. The molecule has 1 aromatic carbocycles. The molecule has 0 unspecified atom stereocenters. The highest BCUT2D eigenvalue weighted by molar-refractivity contribution is 6.23. The van der Waals surface area contributed by atoms with Gasteiger partial charge in [0, 0.05) is 18.8 Å². The number of allylic oxidation sites excluding steroid dienone is 2. The number of halogens is 1. The topological polar surface area (TPSA) is 72.0 Å². The second kappa shape index (κ2) is 5.24. The number of nitrogens with zero attached hydrogens (tertiary/aromatic N) is 2. The Morgan fingerprint density at radius 2 is 1.90 bits per heavy atom. The molecule has 3 rings (SSSR count). The van der Waals surface area contributed by atoms with Gasteiger partial charge in [0.1, 0.15) is 17.8 Å². The number of carbonyl (C=O) groups excluding carboxylic acids is 2. The van der Waals surface area contributed by atoms with E-state index in [9.17, 15) is 14.0 Å². The molecule has 104 valence electrons. The Balaban J connectivity index is 1.79. The average Bonchev–Trinajstić information content (AvgIpc) is 2.51. The van der Waals surface area contributed by atoms with E-state index < -0.39 is 0 Å². The van der Waals surface area contributed by atoms with Gasteiger partial charge in [-0.1, -0.05) is 12.1 Å². The molecule has 0 atom stereocenters. The molecule has 0 fully saturated rings. The Kier molecular flexibility index (Phi) is 3.27. The molecule has 0 spiro atoms. The van der Waals surface area contributed by atoms with Crippen LogP contribution in [0.4, 0.5) is 4.39 Å². The minimum Gasteiger partial charge on any atom is -0.378 e. The maximum Gasteiger partial charge on any atom is 0.212 e. The van der Waals surface area contributed by atoms with Gasteiger partial charge in [-0.2, -0.15) is 0 Å². The number of fused-ring (bicyclic) bond motifs is 1. The number of carbonyl (C=O) groups is 2. The third-order valence-corrected chi connectivity index (χ3v) is 3.11. The van der Waals surface area contributed by atoms with Gasteiger partial charge in [-0.15, -0.1) is 0 Å². The Bertz CT molecular complexity index is 754. The van der Waals surface area contributed by atoms with E-state index in [4.69, 9.17) is 0 Å². The molecule has 0 radical (unpaired) electrons. The van der Waals surface area contributed by atoms with E-state index in [-0.39, 0.29) is 34.3 Å². The van der Waals surface area contributed by atoms with Crippen molar-refractivity contribution in [3.05, 3.63) is 71.2 Å². The highest BCUT2D eigenvalue weighted by atomic mass is 19.1. The second-order valence-electron chi connectivity index (χ2n) is 4.52. The lowest BCUT2D eigenvalue weighted by atomic mass is 9.98. The third-order valence-electron chi connectivity index (χ3n) is 3.11. The van der Waals surface area contributed by atoms with Crippen molar-refractivity contribution in [1.82, 2.24) is 15.3 Å². The molecular weight excluding hydrogens is 273 g/mol. The molecule has 21 heavy (non-hydrogen) atoms. The summed E-state index contributed by atoms with van der Waals surface area (Å²) < 4.78 is 12.8. The van der Waals surface area contributed by atoms with E-state index in [0.717, 1.165) is 5.56 Å². The highest BCUT2D eigenvalue weighted by Gasteiger charge is 2.26. The van der Waals surface area contributed by atoms with E-state index in [1.165, 1.54) is 30.7 Å². The normalized spacial score (nSPS) is 13.7. The Morgan fingerprint density at radius 3 is 2.67 bits per heavy atom. The van der Waals surface area contributed by atoms with Gasteiger partial charge < -0.3 is 5.32 Å². The smallest absolute Gasteiger partial charge is 0.212 e. The van der Waals surface area contributed by atoms with Crippen LogP contribution in [-0.2, 0) is 6.54 Å². The van der Waals surface area contributed by atoms with Gasteiger partial charge in [0.05, 0.1) is 11.3 Å². The number of Topliss-reactive ketones (excluding diaryl/α,β-unsaturated/α-hetero) is 1. The number of nitrogens with one attached hydrogen (secondary N) is 1. The summed E-state index contributed by atoms with van der Waals surface area (Å²) in [6.45, 7) is 0.314. The van der Waals surface area contributed by atoms with Crippen LogP contribution in [0.25, 0.3) is 0 Å². The molecule has 0 amide bonds. The maximum atomic E-state index is 12.8. The van der Waals surface area contributed by atoms with Crippen LogP contribution < -0.4 is 5.32 Å². The van der Waals surface area contributed by atoms with Crippen LogP contribution in [0.1, 0.15) is 26.4 Å². The van der Waals surface area contributed by atoms with Crippen molar-refractivity contribution < 1.29 is 14.0 Å². The van der Waals surface area contributed by atoms with Crippen molar-refractivity contribution in [2.24, 2.45) is 0 Å². The van der Waals surface area contributed by atoms with Gasteiger partial charge in [-0.25, -0.2) is 14.4 Å². The molecular formula is C15H10FN3O2. The Morgan fingerprint density at radius 1 is 1.14 bits per heavy atom. The third kappa shape index (κ3) is 2.55. The van der Waals surface area contributed by atoms with Crippen LogP contribution in [0.5, 0.6) is 0 Å². The summed E-state index contributed by atoms with van der Waals surface area (Å²) >= 11 is 0. The highest BCUT2D eigenvalue weighted by Crippen LogP contribution is 2.17.